The lowest BCUT2D eigenvalue weighted by Crippen LogP contribution is -2.87. The molecule has 0 radical (unpaired) electrons. The van der Waals surface area contributed by atoms with Gasteiger partial charge in [0.05, 0.1) is 32.9 Å². The van der Waals surface area contributed by atoms with Crippen LogP contribution in [0, 0.1) is 5.41 Å². The van der Waals surface area contributed by atoms with Crippen LogP contribution in [0.2, 0.25) is 0 Å². The van der Waals surface area contributed by atoms with Crippen LogP contribution >= 0.6 is 12.2 Å². The number of nitrogens with one attached hydrogen (secondary N) is 1. The van der Waals surface area contributed by atoms with E-state index in [0.717, 1.165) is 62.6 Å². The second kappa shape index (κ2) is 11.7. The number of nitrogens with zero attached hydrogens (tertiary/aromatic N) is 1. The number of carbonyl (C=O) groups excluding carboxylic acids is 1. The van der Waals surface area contributed by atoms with E-state index < -0.39 is 5.92 Å². The molecule has 178 valence electrons. The van der Waals surface area contributed by atoms with E-state index >= 15 is 0 Å². The third-order valence-electron chi connectivity index (χ3n) is 6.04. The number of ketones is 1. The molecule has 0 bridgehead atoms. The summed E-state index contributed by atoms with van der Waals surface area (Å²) >= 11 is 5.44. The normalized spacial score (nSPS) is 21.9. The lowest BCUT2D eigenvalue weighted by Gasteiger charge is -2.39. The lowest BCUT2D eigenvalue weighted by molar-refractivity contribution is -0.670. The summed E-state index contributed by atoms with van der Waals surface area (Å²) in [6.07, 6.45) is 3.33. The molecule has 0 saturated carbocycles. The van der Waals surface area contributed by atoms with Gasteiger partial charge in [-0.15, -0.1) is 0 Å². The van der Waals surface area contributed by atoms with Gasteiger partial charge in [0.1, 0.15) is 10.7 Å². The van der Waals surface area contributed by atoms with Crippen molar-refractivity contribution < 1.29 is 19.6 Å². The molecule has 0 aromatic heterocycles. The summed E-state index contributed by atoms with van der Waals surface area (Å²) in [7, 11) is 0. The Kier molecular flexibility index (Phi) is 8.98. The molecule has 3 aliphatic rings. The molecule has 33 heavy (non-hydrogen) atoms. The fourth-order valence-corrected chi connectivity index (χ4v) is 4.67. The number of hydrogen-bond donors (Lipinski definition) is 2. The van der Waals surface area contributed by atoms with E-state index in [1.54, 1.807) is 0 Å². The summed E-state index contributed by atoms with van der Waals surface area (Å²) in [5, 5.41) is 15.1. The third kappa shape index (κ3) is 6.61. The fourth-order valence-electron chi connectivity index (χ4n) is 4.38. The summed E-state index contributed by atoms with van der Waals surface area (Å²) in [6.45, 7) is 11.2. The molecule has 1 saturated heterocycles. The Balaban J connectivity index is 0.000000442. The minimum absolute atomic E-state index is 0.0947. The Morgan fingerprint density at radius 3 is 2.48 bits per heavy atom. The number of hydrogen-bond acceptors (Lipinski definition) is 4. The molecule has 0 amide bonds. The first-order chi connectivity index (χ1) is 15.9. The number of allylic oxidation sites excluding steroid dienone is 2. The number of carbonyl (C=O) groups is 1. The summed E-state index contributed by atoms with van der Waals surface area (Å²) in [6, 6.07) is 7.69. The standard InChI is InChI=1S/C22H25N2O2S.C4H9NO/c1-4-5-10-26-15-8-6-14(7-9-15)19-16(13-23)21(27)24-17-11-22(2,3)12-18(25)20(17)19;1-3-6-4-2-5-1/h6-9,19H,4-5,10-12H2,1-3H3,(H,24,27);5H,1-4H2/q-1;/p+1. The number of unbranched alkanes of at least 4 members (excludes halogenated alkanes) is 1. The van der Waals surface area contributed by atoms with Gasteiger partial charge in [0.2, 0.25) is 0 Å². The minimum atomic E-state index is -0.396. The highest BCUT2D eigenvalue weighted by molar-refractivity contribution is 7.80. The molecule has 1 aromatic carbocycles. The smallest absolute Gasteiger partial charge is 0.162 e. The van der Waals surface area contributed by atoms with E-state index in [1.807, 2.05) is 24.3 Å². The predicted molar refractivity (Wildman–Crippen MR) is 135 cm³/mol. The Morgan fingerprint density at radius 2 is 1.94 bits per heavy atom. The second-order valence-corrected chi connectivity index (χ2v) is 9.90. The van der Waals surface area contributed by atoms with Crippen LogP contribution in [-0.4, -0.2) is 49.6 Å². The molecular formula is C26H35N3O3S. The lowest BCUT2D eigenvalue weighted by atomic mass is 9.69. The average Bonchev–Trinajstić information content (AvgIpc) is 2.79. The first-order valence-corrected chi connectivity index (χ1v) is 12.2. The zero-order valence-electron chi connectivity index (χ0n) is 19.9. The first-order valence-electron chi connectivity index (χ1n) is 11.8. The van der Waals surface area contributed by atoms with Crippen molar-refractivity contribution in [2.45, 2.75) is 52.4 Å². The maximum absolute atomic E-state index is 12.9. The van der Waals surface area contributed by atoms with Gasteiger partial charge in [0.15, 0.2) is 5.78 Å². The number of thiocarbonyl (C=S) groups is 1. The minimum Gasteiger partial charge on any atom is -0.763 e. The molecule has 3 N–H and O–H groups in total. The Morgan fingerprint density at radius 1 is 1.24 bits per heavy atom. The molecule has 6 nitrogen and oxygen atoms in total. The van der Waals surface area contributed by atoms with Crippen molar-refractivity contribution in [3.8, 4) is 5.75 Å². The number of quaternary nitrogens is 1. The van der Waals surface area contributed by atoms with Gasteiger partial charge in [-0.3, -0.25) is 10.7 Å². The molecule has 1 atom stereocenters. The predicted octanol–water partition coefficient (Wildman–Crippen LogP) is 3.27. The van der Waals surface area contributed by atoms with Crippen molar-refractivity contribution >= 4 is 28.9 Å². The van der Waals surface area contributed by atoms with Gasteiger partial charge in [0.25, 0.3) is 0 Å². The summed E-state index contributed by atoms with van der Waals surface area (Å²) in [5.41, 5.74) is 2.80. The SMILES string of the molecule is C1COCC[NH2+]1.CCCCOc1ccc(C2C(=C=[N-])C(=S)NC3=C2C(=O)CC(C)(C)C3)cc1. The molecule has 1 fully saturated rings. The summed E-state index contributed by atoms with van der Waals surface area (Å²) < 4.78 is 10.8. The van der Waals surface area contributed by atoms with E-state index in [0.29, 0.717) is 29.2 Å². The highest BCUT2D eigenvalue weighted by Gasteiger charge is 2.41. The van der Waals surface area contributed by atoms with Crippen LogP contribution in [0.1, 0.15) is 57.9 Å². The Hall–Kier alpha value is -2.31. The number of ether oxygens (including phenoxy) is 2. The van der Waals surface area contributed by atoms with Crippen molar-refractivity contribution in [1.82, 2.24) is 5.32 Å². The van der Waals surface area contributed by atoms with Crippen LogP contribution in [0.25, 0.3) is 5.41 Å². The average molecular weight is 470 g/mol. The van der Waals surface area contributed by atoms with Crippen molar-refractivity contribution in [1.29, 1.82) is 0 Å². The highest BCUT2D eigenvalue weighted by Crippen LogP contribution is 2.45. The van der Waals surface area contributed by atoms with Gasteiger partial charge in [-0.25, -0.2) is 0 Å². The first kappa shape index (κ1) is 25.3. The van der Waals surface area contributed by atoms with Gasteiger partial charge in [-0.1, -0.05) is 51.5 Å². The Bertz CT molecular complexity index is 931. The van der Waals surface area contributed by atoms with Crippen molar-refractivity contribution in [3.05, 3.63) is 52.1 Å². The third-order valence-corrected chi connectivity index (χ3v) is 6.36. The van der Waals surface area contributed by atoms with E-state index in [1.165, 1.54) is 0 Å². The quantitative estimate of drug-likeness (QED) is 0.299. The van der Waals surface area contributed by atoms with E-state index in [-0.39, 0.29) is 11.2 Å². The van der Waals surface area contributed by atoms with Crippen LogP contribution in [-0.2, 0) is 9.53 Å². The topological polar surface area (TPSA) is 86.5 Å². The maximum Gasteiger partial charge on any atom is 0.162 e. The molecule has 2 aliphatic heterocycles. The summed E-state index contributed by atoms with van der Waals surface area (Å²) in [4.78, 5) is 13.4. The van der Waals surface area contributed by atoms with Crippen molar-refractivity contribution in [3.63, 3.8) is 0 Å². The molecule has 0 spiro atoms. The highest BCUT2D eigenvalue weighted by atomic mass is 32.1. The molecule has 1 unspecified atom stereocenters. The monoisotopic (exact) mass is 469 g/mol. The molecule has 1 aliphatic carbocycles. The number of nitrogens with two attached hydrogens (primary N) is 1. The van der Waals surface area contributed by atoms with Crippen LogP contribution in [0.3, 0.4) is 0 Å². The zero-order chi connectivity index (χ0) is 23.8. The number of Topliss-reactive ketones (excluding diaryl/α,β-unsaturated/α-hetero) is 1. The Labute approximate surface area is 202 Å². The molecule has 7 heteroatoms. The van der Waals surface area contributed by atoms with Crippen molar-refractivity contribution in [2.24, 2.45) is 5.41 Å². The number of benzene rings is 1. The van der Waals surface area contributed by atoms with Crippen LogP contribution < -0.4 is 15.4 Å². The van der Waals surface area contributed by atoms with Crippen LogP contribution in [0.15, 0.2) is 41.1 Å². The van der Waals surface area contributed by atoms with Gasteiger partial charge in [0, 0.05) is 29.2 Å². The second-order valence-electron chi connectivity index (χ2n) is 9.50. The molecule has 4 rings (SSSR count). The number of morpholine rings is 1. The van der Waals surface area contributed by atoms with Gasteiger partial charge < -0.3 is 25.5 Å². The number of rotatable bonds is 5. The van der Waals surface area contributed by atoms with Crippen LogP contribution in [0.4, 0.5) is 0 Å². The molecule has 2 heterocycles. The van der Waals surface area contributed by atoms with Gasteiger partial charge >= 0.3 is 0 Å². The van der Waals surface area contributed by atoms with Gasteiger partial charge in [-0.2, -0.15) is 0 Å². The molecule has 1 aromatic rings. The van der Waals surface area contributed by atoms with Gasteiger partial charge in [-0.05, 0) is 36.0 Å². The van der Waals surface area contributed by atoms with E-state index in [4.69, 9.17) is 21.7 Å². The van der Waals surface area contributed by atoms with E-state index in [9.17, 15) is 10.2 Å². The fraction of sp³-hybridized carbons (Fsp3) is 0.538. The van der Waals surface area contributed by atoms with Crippen molar-refractivity contribution in [2.75, 3.05) is 32.9 Å². The van der Waals surface area contributed by atoms with Crippen LogP contribution in [0.5, 0.6) is 5.75 Å². The van der Waals surface area contributed by atoms with E-state index in [2.05, 4.69) is 37.3 Å². The largest absolute Gasteiger partial charge is 0.763 e. The summed E-state index contributed by atoms with van der Waals surface area (Å²) in [5.74, 6) is 2.73. The molecular weight excluding hydrogens is 434 g/mol. The maximum atomic E-state index is 12.9. The zero-order valence-corrected chi connectivity index (χ0v) is 20.7.